The molecule has 3 aromatic rings. The van der Waals surface area contributed by atoms with Crippen LogP contribution in [0.2, 0.25) is 0 Å². The summed E-state index contributed by atoms with van der Waals surface area (Å²) in [5, 5.41) is -2.99. The zero-order valence-corrected chi connectivity index (χ0v) is 16.4. The average Bonchev–Trinajstić information content (AvgIpc) is 2.72. The third-order valence-corrected chi connectivity index (χ3v) is 5.22. The van der Waals surface area contributed by atoms with E-state index in [9.17, 15) is 22.0 Å². The summed E-state index contributed by atoms with van der Waals surface area (Å²) in [7, 11) is -5.62. The van der Waals surface area contributed by atoms with Crippen LogP contribution >= 0.6 is 0 Å². The van der Waals surface area contributed by atoms with Crippen LogP contribution in [0.3, 0.4) is 0 Å². The summed E-state index contributed by atoms with van der Waals surface area (Å²) in [4.78, 5) is 12.8. The fourth-order valence-corrected chi connectivity index (χ4v) is 3.05. The van der Waals surface area contributed by atoms with Gasteiger partial charge in [0.2, 0.25) is 0 Å². The van der Waals surface area contributed by atoms with Gasteiger partial charge in [0, 0.05) is 0 Å². The van der Waals surface area contributed by atoms with Crippen LogP contribution in [0.1, 0.15) is 22.0 Å². The number of halogens is 2. The molecule has 1 unspecified atom stereocenters. The molecule has 0 radical (unpaired) electrons. The van der Waals surface area contributed by atoms with Gasteiger partial charge in [0.15, 0.2) is 6.10 Å². The van der Waals surface area contributed by atoms with E-state index in [1.54, 1.807) is 54.6 Å². The number of fused-ring (bicyclic) bond motifs is 1. The zero-order valence-electron chi connectivity index (χ0n) is 15.6. The molecule has 0 aliphatic heterocycles. The van der Waals surface area contributed by atoms with Gasteiger partial charge in [-0.3, -0.25) is 4.55 Å². The predicted octanol–water partition coefficient (Wildman–Crippen LogP) is 3.59. The van der Waals surface area contributed by atoms with E-state index in [0.717, 1.165) is 5.39 Å². The number of alkyl halides is 2. The van der Waals surface area contributed by atoms with E-state index in [0.29, 0.717) is 10.9 Å². The van der Waals surface area contributed by atoms with E-state index in [4.69, 9.17) is 14.0 Å². The van der Waals surface area contributed by atoms with Gasteiger partial charge >= 0.3 is 50.9 Å². The van der Waals surface area contributed by atoms with Crippen LogP contribution < -0.4 is 0 Å². The first-order valence-corrected chi connectivity index (χ1v) is 10.3. The summed E-state index contributed by atoms with van der Waals surface area (Å²) in [6.07, 6.45) is -1.07. The van der Waals surface area contributed by atoms with Crippen molar-refractivity contribution in [1.82, 2.24) is 0 Å². The number of benzene rings is 3. The molecule has 0 aliphatic carbocycles. The SMILES string of the molecule is O=C(OC(COCC(F)(F)S(=O)(=O)O)c1ccccc1)c1cccc2ccccc12.[NaH]. The maximum absolute atomic E-state index is 13.4. The molecule has 0 heterocycles. The fourth-order valence-electron chi connectivity index (χ4n) is 2.82. The van der Waals surface area contributed by atoms with Gasteiger partial charge in [0.25, 0.3) is 0 Å². The molecule has 0 amide bonds. The van der Waals surface area contributed by atoms with E-state index < -0.39 is 40.7 Å². The molecular weight excluding hydrogens is 441 g/mol. The topological polar surface area (TPSA) is 89.9 Å². The van der Waals surface area contributed by atoms with E-state index >= 15 is 0 Å². The van der Waals surface area contributed by atoms with Crippen LogP contribution in [0.5, 0.6) is 0 Å². The Hall–Kier alpha value is -1.88. The Morgan fingerprint density at radius 3 is 2.26 bits per heavy atom. The second kappa shape index (κ2) is 10.6. The Bertz CT molecular complexity index is 1130. The van der Waals surface area contributed by atoms with Crippen LogP contribution in [0.25, 0.3) is 10.8 Å². The van der Waals surface area contributed by atoms with Gasteiger partial charge in [-0.2, -0.15) is 17.2 Å². The van der Waals surface area contributed by atoms with Crippen molar-refractivity contribution in [2.75, 3.05) is 13.2 Å². The van der Waals surface area contributed by atoms with E-state index in [1.807, 2.05) is 18.2 Å². The van der Waals surface area contributed by atoms with Crippen molar-refractivity contribution >= 4 is 56.4 Å². The number of hydrogen-bond donors (Lipinski definition) is 1. The van der Waals surface area contributed by atoms with Crippen LogP contribution in [0.15, 0.2) is 72.8 Å². The molecule has 0 aliphatic rings. The van der Waals surface area contributed by atoms with Crippen LogP contribution in [-0.2, 0) is 19.6 Å². The monoisotopic (exact) mass is 460 g/mol. The molecule has 0 saturated heterocycles. The van der Waals surface area contributed by atoms with E-state index in [-0.39, 0.29) is 35.1 Å². The molecule has 10 heteroatoms. The summed E-state index contributed by atoms with van der Waals surface area (Å²) in [6, 6.07) is 20.6. The van der Waals surface area contributed by atoms with E-state index in [1.165, 1.54) is 0 Å². The molecule has 0 bridgehead atoms. The van der Waals surface area contributed by atoms with Crippen LogP contribution in [-0.4, -0.2) is 67.0 Å². The number of esters is 1. The van der Waals surface area contributed by atoms with Crippen molar-refractivity contribution in [3.05, 3.63) is 83.9 Å². The molecule has 0 spiro atoms. The molecule has 0 saturated carbocycles. The first-order valence-electron chi connectivity index (χ1n) is 8.85. The minimum absolute atomic E-state index is 0. The first-order chi connectivity index (χ1) is 14.2. The summed E-state index contributed by atoms with van der Waals surface area (Å²) in [5.74, 6) is -0.689. The van der Waals surface area contributed by atoms with Gasteiger partial charge in [0.05, 0.1) is 12.2 Å². The normalized spacial score (nSPS) is 12.7. The second-order valence-corrected chi connectivity index (χ2v) is 8.01. The molecule has 3 rings (SSSR count). The van der Waals surface area contributed by atoms with Crippen molar-refractivity contribution in [3.63, 3.8) is 0 Å². The quantitative estimate of drug-likeness (QED) is 0.314. The maximum atomic E-state index is 13.4. The molecule has 3 aromatic carbocycles. The number of carbonyl (C=O) groups is 1. The van der Waals surface area contributed by atoms with Crippen molar-refractivity contribution in [1.29, 1.82) is 0 Å². The standard InChI is InChI=1S/C21H18F2O6S.Na.H/c22-21(23,30(25,26)27)14-28-13-19(16-8-2-1-3-9-16)29-20(24)18-12-6-10-15-7-4-5-11-17(15)18;;/h1-12,19H,13-14H2,(H,25,26,27);;. The zero-order chi connectivity index (χ0) is 21.8. The van der Waals surface area contributed by atoms with Gasteiger partial charge in [0.1, 0.15) is 6.61 Å². The number of carbonyl (C=O) groups excluding carboxylic acids is 1. The summed E-state index contributed by atoms with van der Waals surface area (Å²) >= 11 is 0. The Kier molecular flexibility index (Phi) is 8.70. The molecule has 1 atom stereocenters. The summed E-state index contributed by atoms with van der Waals surface area (Å²) in [6.45, 7) is -2.12. The Balaban J connectivity index is 0.00000341. The second-order valence-electron chi connectivity index (χ2n) is 6.46. The fraction of sp³-hybridized carbons (Fsp3) is 0.190. The van der Waals surface area contributed by atoms with Gasteiger partial charge in [-0.15, -0.1) is 0 Å². The third-order valence-electron chi connectivity index (χ3n) is 4.35. The van der Waals surface area contributed by atoms with Crippen molar-refractivity contribution < 1.29 is 36.0 Å². The van der Waals surface area contributed by atoms with Crippen LogP contribution in [0, 0.1) is 0 Å². The van der Waals surface area contributed by atoms with Crippen molar-refractivity contribution in [2.24, 2.45) is 0 Å². The van der Waals surface area contributed by atoms with Crippen molar-refractivity contribution in [2.45, 2.75) is 11.4 Å². The van der Waals surface area contributed by atoms with Gasteiger partial charge in [-0.05, 0) is 22.4 Å². The molecule has 31 heavy (non-hydrogen) atoms. The Labute approximate surface area is 200 Å². The molecule has 0 aromatic heterocycles. The number of ether oxygens (including phenoxy) is 2. The number of hydrogen-bond acceptors (Lipinski definition) is 5. The van der Waals surface area contributed by atoms with Gasteiger partial charge in [-0.25, -0.2) is 4.79 Å². The molecule has 6 nitrogen and oxygen atoms in total. The molecular formula is C21H19F2NaO6S. The van der Waals surface area contributed by atoms with Gasteiger partial charge < -0.3 is 9.47 Å². The first kappa shape index (κ1) is 25.4. The summed E-state index contributed by atoms with van der Waals surface area (Å²) < 4.78 is 67.2. The molecule has 160 valence electrons. The molecule has 1 N–H and O–H groups in total. The predicted molar refractivity (Wildman–Crippen MR) is 113 cm³/mol. The average molecular weight is 460 g/mol. The Morgan fingerprint density at radius 2 is 1.58 bits per heavy atom. The number of rotatable bonds is 8. The summed E-state index contributed by atoms with van der Waals surface area (Å²) in [5.41, 5.74) is 0.763. The van der Waals surface area contributed by atoms with Gasteiger partial charge in [-0.1, -0.05) is 66.7 Å². The van der Waals surface area contributed by atoms with Crippen molar-refractivity contribution in [3.8, 4) is 0 Å². The molecule has 0 fully saturated rings. The third kappa shape index (κ3) is 6.31. The van der Waals surface area contributed by atoms with Crippen LogP contribution in [0.4, 0.5) is 8.78 Å². The minimum atomic E-state index is -5.62. The van der Waals surface area contributed by atoms with E-state index in [2.05, 4.69) is 0 Å². The Morgan fingerprint density at radius 1 is 0.968 bits per heavy atom.